The van der Waals surface area contributed by atoms with Gasteiger partial charge in [0.1, 0.15) is 6.04 Å². The number of benzene rings is 1. The normalized spacial score (nSPS) is 26.0. The van der Waals surface area contributed by atoms with E-state index in [1.165, 1.54) is 0 Å². The van der Waals surface area contributed by atoms with E-state index in [4.69, 9.17) is 0 Å². The molecule has 0 aliphatic carbocycles. The summed E-state index contributed by atoms with van der Waals surface area (Å²) in [7, 11) is 0. The number of rotatable bonds is 5. The number of imide groups is 2. The van der Waals surface area contributed by atoms with Gasteiger partial charge in [-0.1, -0.05) is 6.07 Å². The van der Waals surface area contributed by atoms with E-state index in [2.05, 4.69) is 29.8 Å². The number of nitrogens with zero attached hydrogens (tertiary/aromatic N) is 1. The lowest BCUT2D eigenvalue weighted by Gasteiger charge is -2.36. The van der Waals surface area contributed by atoms with Crippen LogP contribution in [-0.2, 0) is 16.1 Å². The largest absolute Gasteiger partial charge is 0.312 e. The van der Waals surface area contributed by atoms with Gasteiger partial charge in [-0.15, -0.1) is 0 Å². The minimum absolute atomic E-state index is 0.118. The predicted octanol–water partition coefficient (Wildman–Crippen LogP) is 0.956. The molecule has 8 nitrogen and oxygen atoms in total. The molecule has 0 spiro atoms. The van der Waals surface area contributed by atoms with Gasteiger partial charge < -0.3 is 10.6 Å². The summed E-state index contributed by atoms with van der Waals surface area (Å²) >= 11 is 0. The number of piperidine rings is 2. The maximum absolute atomic E-state index is 12.9. The first-order chi connectivity index (χ1) is 14.2. The molecule has 4 amide bonds. The third kappa shape index (κ3) is 4.02. The quantitative estimate of drug-likeness (QED) is 0.622. The third-order valence-electron chi connectivity index (χ3n) is 6.22. The first-order valence-electron chi connectivity index (χ1n) is 10.6. The molecule has 3 heterocycles. The lowest BCUT2D eigenvalue weighted by molar-refractivity contribution is -0.136. The maximum Gasteiger partial charge on any atom is 0.262 e. The van der Waals surface area contributed by atoms with Crippen LogP contribution in [0.2, 0.25) is 0 Å². The molecule has 0 bridgehead atoms. The predicted molar refractivity (Wildman–Crippen MR) is 110 cm³/mol. The van der Waals surface area contributed by atoms with Crippen molar-refractivity contribution < 1.29 is 19.2 Å². The fourth-order valence-electron chi connectivity index (χ4n) is 4.73. The highest BCUT2D eigenvalue weighted by atomic mass is 16.2. The van der Waals surface area contributed by atoms with Crippen molar-refractivity contribution in [3.63, 3.8) is 0 Å². The van der Waals surface area contributed by atoms with Gasteiger partial charge in [0, 0.05) is 18.5 Å². The zero-order chi connectivity index (χ0) is 21.5. The van der Waals surface area contributed by atoms with Gasteiger partial charge in [0.25, 0.3) is 11.8 Å². The molecule has 1 aromatic carbocycles. The van der Waals surface area contributed by atoms with E-state index < -0.39 is 23.8 Å². The van der Waals surface area contributed by atoms with Crippen LogP contribution in [0.25, 0.3) is 0 Å². The molecule has 0 saturated carbocycles. The Hall–Kier alpha value is -2.58. The topological polar surface area (TPSA) is 108 Å². The second kappa shape index (κ2) is 7.92. The molecule has 3 aliphatic rings. The number of hydrogen-bond donors (Lipinski definition) is 3. The number of carbonyl (C=O) groups is 4. The Bertz CT molecular complexity index is 910. The van der Waals surface area contributed by atoms with Gasteiger partial charge in [0.05, 0.1) is 11.1 Å². The van der Waals surface area contributed by atoms with Gasteiger partial charge in [-0.3, -0.25) is 29.4 Å². The van der Waals surface area contributed by atoms with Gasteiger partial charge in [-0.05, 0) is 69.8 Å². The highest BCUT2D eigenvalue weighted by Crippen LogP contribution is 2.28. The molecule has 3 N–H and O–H groups in total. The van der Waals surface area contributed by atoms with Gasteiger partial charge >= 0.3 is 0 Å². The molecular formula is C22H28N4O4. The fraction of sp³-hybridized carbons (Fsp3) is 0.545. The van der Waals surface area contributed by atoms with Gasteiger partial charge in [-0.2, -0.15) is 0 Å². The molecule has 3 aliphatic heterocycles. The minimum atomic E-state index is -0.931. The van der Waals surface area contributed by atoms with Crippen LogP contribution in [0.1, 0.15) is 65.8 Å². The van der Waals surface area contributed by atoms with E-state index in [0.717, 1.165) is 36.4 Å². The molecule has 4 rings (SSSR count). The molecular weight excluding hydrogens is 384 g/mol. The van der Waals surface area contributed by atoms with Crippen LogP contribution in [0.4, 0.5) is 0 Å². The van der Waals surface area contributed by atoms with Crippen LogP contribution in [0, 0.1) is 5.92 Å². The lowest BCUT2D eigenvalue weighted by atomic mass is 9.84. The maximum atomic E-state index is 12.9. The van der Waals surface area contributed by atoms with Crippen molar-refractivity contribution >= 4 is 23.6 Å². The molecule has 160 valence electrons. The van der Waals surface area contributed by atoms with Crippen LogP contribution in [0.3, 0.4) is 0 Å². The van der Waals surface area contributed by atoms with Crippen molar-refractivity contribution in [1.29, 1.82) is 0 Å². The van der Waals surface area contributed by atoms with Crippen molar-refractivity contribution in [2.45, 2.75) is 57.7 Å². The van der Waals surface area contributed by atoms with E-state index in [0.29, 0.717) is 23.6 Å². The van der Waals surface area contributed by atoms with Crippen molar-refractivity contribution in [2.75, 3.05) is 13.1 Å². The highest BCUT2D eigenvalue weighted by molar-refractivity contribution is 6.23. The lowest BCUT2D eigenvalue weighted by Crippen LogP contribution is -2.54. The van der Waals surface area contributed by atoms with E-state index >= 15 is 0 Å². The zero-order valence-electron chi connectivity index (χ0n) is 17.4. The summed E-state index contributed by atoms with van der Waals surface area (Å²) in [5.41, 5.74) is 1.72. The van der Waals surface area contributed by atoms with Crippen LogP contribution in [0.15, 0.2) is 18.2 Å². The van der Waals surface area contributed by atoms with E-state index in [-0.39, 0.29) is 24.3 Å². The number of fused-ring (bicyclic) bond motifs is 1. The molecule has 0 radical (unpaired) electrons. The SMILES string of the molecule is CC1(C)CC(CNCc2ccc3c(c2)C(=O)N(C2CCC(=O)NC2=O)C3=O)CCN1. The Kier molecular flexibility index (Phi) is 5.46. The number of amides is 4. The minimum Gasteiger partial charge on any atom is -0.312 e. The third-order valence-corrected chi connectivity index (χ3v) is 6.22. The standard InChI is InChI=1S/C22H28N4O4/c1-22(2)10-14(7-8-24-22)12-23-11-13-3-4-15-16(9-13)21(30)26(20(15)29)17-5-6-18(27)25-19(17)28/h3-4,9,14,17,23-24H,5-8,10-12H2,1-2H3,(H,25,27,28). The number of carbonyl (C=O) groups excluding carboxylic acids is 4. The van der Waals surface area contributed by atoms with E-state index in [9.17, 15) is 19.2 Å². The second-order valence-electron chi connectivity index (χ2n) is 9.13. The number of nitrogens with one attached hydrogen (secondary N) is 3. The second-order valence-corrected chi connectivity index (χ2v) is 9.13. The molecule has 0 aromatic heterocycles. The van der Waals surface area contributed by atoms with E-state index in [1.54, 1.807) is 12.1 Å². The molecule has 2 unspecified atom stereocenters. The number of hydrogen-bond acceptors (Lipinski definition) is 6. The van der Waals surface area contributed by atoms with Crippen LogP contribution in [0.5, 0.6) is 0 Å². The molecule has 30 heavy (non-hydrogen) atoms. The molecule has 2 atom stereocenters. The highest BCUT2D eigenvalue weighted by Gasteiger charge is 2.44. The average Bonchev–Trinajstić information content (AvgIpc) is 2.92. The van der Waals surface area contributed by atoms with Crippen LogP contribution < -0.4 is 16.0 Å². The van der Waals surface area contributed by atoms with Crippen molar-refractivity contribution in [3.8, 4) is 0 Å². The van der Waals surface area contributed by atoms with Crippen LogP contribution in [-0.4, -0.2) is 53.2 Å². The Morgan fingerprint density at radius 2 is 1.87 bits per heavy atom. The van der Waals surface area contributed by atoms with Crippen LogP contribution >= 0.6 is 0 Å². The van der Waals surface area contributed by atoms with Gasteiger partial charge in [-0.25, -0.2) is 0 Å². The summed E-state index contributed by atoms with van der Waals surface area (Å²) < 4.78 is 0. The Labute approximate surface area is 175 Å². The molecule has 8 heteroatoms. The summed E-state index contributed by atoms with van der Waals surface area (Å²) in [4.78, 5) is 50.2. The molecule has 1 aromatic rings. The van der Waals surface area contributed by atoms with Gasteiger partial charge in [0.2, 0.25) is 11.8 Å². The Morgan fingerprint density at radius 1 is 1.10 bits per heavy atom. The molecule has 2 fully saturated rings. The van der Waals surface area contributed by atoms with Gasteiger partial charge in [0.15, 0.2) is 0 Å². The summed E-state index contributed by atoms with van der Waals surface area (Å²) in [5.74, 6) is -1.31. The summed E-state index contributed by atoms with van der Waals surface area (Å²) in [6.07, 6.45) is 2.52. The summed E-state index contributed by atoms with van der Waals surface area (Å²) in [6, 6.07) is 4.31. The monoisotopic (exact) mass is 412 g/mol. The fourth-order valence-corrected chi connectivity index (χ4v) is 4.73. The zero-order valence-corrected chi connectivity index (χ0v) is 17.4. The summed E-state index contributed by atoms with van der Waals surface area (Å²) in [5, 5.41) is 9.21. The Morgan fingerprint density at radius 3 is 2.60 bits per heavy atom. The summed E-state index contributed by atoms with van der Waals surface area (Å²) in [6.45, 7) is 6.97. The van der Waals surface area contributed by atoms with E-state index in [1.807, 2.05) is 6.07 Å². The van der Waals surface area contributed by atoms with Crippen molar-refractivity contribution in [3.05, 3.63) is 34.9 Å². The average molecular weight is 412 g/mol. The first-order valence-corrected chi connectivity index (χ1v) is 10.6. The smallest absolute Gasteiger partial charge is 0.262 e. The van der Waals surface area contributed by atoms with Crippen molar-refractivity contribution in [1.82, 2.24) is 20.9 Å². The van der Waals surface area contributed by atoms with Crippen molar-refractivity contribution in [2.24, 2.45) is 5.92 Å². The first kappa shape index (κ1) is 20.7. The Balaban J connectivity index is 1.41. The molecule has 2 saturated heterocycles.